The number of carbonyl (C=O) groups is 2. The Bertz CT molecular complexity index is 1210. The number of nitrogens with one attached hydrogen (secondary N) is 3. The third-order valence-electron chi connectivity index (χ3n) is 5.77. The molecule has 1 aliphatic heterocycles. The molecule has 9 nitrogen and oxygen atoms in total. The molecule has 1 amide bonds. The second-order valence-electron chi connectivity index (χ2n) is 8.16. The van der Waals surface area contributed by atoms with Crippen molar-refractivity contribution in [3.63, 3.8) is 0 Å². The molecule has 2 atom stereocenters. The highest BCUT2D eigenvalue weighted by atomic mass is 16.5. The Morgan fingerprint density at radius 3 is 2.50 bits per heavy atom. The molecule has 3 N–H and O–H groups in total. The zero-order valence-corrected chi connectivity index (χ0v) is 20.1. The Balaban J connectivity index is 1.30. The fourth-order valence-electron chi connectivity index (χ4n) is 3.77. The summed E-state index contributed by atoms with van der Waals surface area (Å²) in [6, 6.07) is 21.8. The molecule has 0 spiro atoms. The van der Waals surface area contributed by atoms with E-state index in [0.717, 1.165) is 16.7 Å². The average molecular weight is 489 g/mol. The van der Waals surface area contributed by atoms with E-state index in [9.17, 15) is 9.59 Å². The van der Waals surface area contributed by atoms with E-state index in [1.807, 2.05) is 48.5 Å². The van der Waals surface area contributed by atoms with Crippen LogP contribution in [0, 0.1) is 0 Å². The maximum Gasteiger partial charge on any atom is 0.337 e. The van der Waals surface area contributed by atoms with Gasteiger partial charge >= 0.3 is 5.97 Å². The van der Waals surface area contributed by atoms with Crippen LogP contribution in [0.4, 0.5) is 0 Å². The summed E-state index contributed by atoms with van der Waals surface area (Å²) < 4.78 is 16.1. The Hall–Kier alpha value is -4.21. The van der Waals surface area contributed by atoms with Gasteiger partial charge in [-0.05, 0) is 47.4 Å². The zero-order chi connectivity index (χ0) is 25.3. The molecule has 1 aliphatic rings. The van der Waals surface area contributed by atoms with Crippen molar-refractivity contribution < 1.29 is 23.8 Å². The second-order valence-corrected chi connectivity index (χ2v) is 8.16. The number of benzene rings is 3. The van der Waals surface area contributed by atoms with E-state index < -0.39 is 12.0 Å². The molecule has 1 fully saturated rings. The Kier molecular flexibility index (Phi) is 8.28. The SMILES string of the molecule is COC(=O)c1ccc(/C=N\NC(=O)C2CC(c3ccc(OCc4ccccc4)c(OC)c3)NN2)cc1. The minimum absolute atomic E-state index is 0.0901. The Labute approximate surface area is 209 Å². The van der Waals surface area contributed by atoms with Gasteiger partial charge in [-0.2, -0.15) is 5.10 Å². The van der Waals surface area contributed by atoms with E-state index in [-0.39, 0.29) is 11.9 Å². The van der Waals surface area contributed by atoms with Gasteiger partial charge in [0.15, 0.2) is 11.5 Å². The summed E-state index contributed by atoms with van der Waals surface area (Å²) >= 11 is 0. The van der Waals surface area contributed by atoms with Crippen LogP contribution in [0.3, 0.4) is 0 Å². The van der Waals surface area contributed by atoms with Gasteiger partial charge in [0.2, 0.25) is 0 Å². The molecule has 0 radical (unpaired) electrons. The van der Waals surface area contributed by atoms with E-state index in [1.165, 1.54) is 13.3 Å². The molecule has 186 valence electrons. The summed E-state index contributed by atoms with van der Waals surface area (Å²) in [7, 11) is 2.93. The first-order chi connectivity index (χ1) is 17.6. The monoisotopic (exact) mass is 488 g/mol. The normalized spacial score (nSPS) is 17.1. The predicted molar refractivity (Wildman–Crippen MR) is 135 cm³/mol. The number of hydrogen-bond acceptors (Lipinski definition) is 8. The van der Waals surface area contributed by atoms with Crippen LogP contribution in [0.1, 0.15) is 39.5 Å². The molecule has 3 aromatic carbocycles. The van der Waals surface area contributed by atoms with Crippen molar-refractivity contribution in [1.82, 2.24) is 16.3 Å². The van der Waals surface area contributed by atoms with Gasteiger partial charge in [-0.25, -0.2) is 21.1 Å². The third kappa shape index (κ3) is 6.26. The van der Waals surface area contributed by atoms with Crippen LogP contribution in [0.5, 0.6) is 11.5 Å². The number of esters is 1. The number of amides is 1. The molecule has 36 heavy (non-hydrogen) atoms. The van der Waals surface area contributed by atoms with Gasteiger partial charge in [0.05, 0.1) is 26.0 Å². The van der Waals surface area contributed by atoms with E-state index >= 15 is 0 Å². The van der Waals surface area contributed by atoms with E-state index in [4.69, 9.17) is 9.47 Å². The van der Waals surface area contributed by atoms with Gasteiger partial charge in [0.1, 0.15) is 12.6 Å². The summed E-state index contributed by atoms with van der Waals surface area (Å²) in [6.07, 6.45) is 2.04. The lowest BCUT2D eigenvalue weighted by Gasteiger charge is -2.15. The summed E-state index contributed by atoms with van der Waals surface area (Å²) in [5.74, 6) is 0.607. The summed E-state index contributed by atoms with van der Waals surface area (Å²) in [4.78, 5) is 24.1. The summed E-state index contributed by atoms with van der Waals surface area (Å²) in [5.41, 5.74) is 11.9. The lowest BCUT2D eigenvalue weighted by Crippen LogP contribution is -2.41. The summed E-state index contributed by atoms with van der Waals surface area (Å²) in [6.45, 7) is 0.442. The third-order valence-corrected chi connectivity index (χ3v) is 5.77. The highest BCUT2D eigenvalue weighted by Crippen LogP contribution is 2.33. The smallest absolute Gasteiger partial charge is 0.337 e. The fraction of sp³-hybridized carbons (Fsp3) is 0.222. The number of carbonyl (C=O) groups excluding carboxylic acids is 2. The number of hydrazine groups is 1. The standard InChI is InChI=1S/C27H28N4O5/c1-34-25-14-21(12-13-24(25)36-17-19-6-4-3-5-7-19)22-15-23(30-29-22)26(32)31-28-16-18-8-10-20(11-9-18)27(33)35-2/h3-14,16,22-23,29-30H,15,17H2,1-2H3,(H,31,32)/b28-16-. The van der Waals surface area contributed by atoms with Crippen LogP contribution in [0.2, 0.25) is 0 Å². The molecule has 1 saturated heterocycles. The first kappa shape index (κ1) is 24.9. The topological polar surface area (TPSA) is 110 Å². The molecule has 2 unspecified atom stereocenters. The van der Waals surface area contributed by atoms with Crippen molar-refractivity contribution in [3.8, 4) is 11.5 Å². The van der Waals surface area contributed by atoms with Gasteiger partial charge in [-0.1, -0.05) is 48.5 Å². The van der Waals surface area contributed by atoms with Crippen molar-refractivity contribution in [2.45, 2.75) is 25.1 Å². The van der Waals surface area contributed by atoms with Crippen LogP contribution in [0.25, 0.3) is 0 Å². The van der Waals surface area contributed by atoms with Gasteiger partial charge in [-0.15, -0.1) is 0 Å². The van der Waals surface area contributed by atoms with Crippen molar-refractivity contribution in [3.05, 3.63) is 95.1 Å². The number of methoxy groups -OCH3 is 2. The molecule has 3 aromatic rings. The van der Waals surface area contributed by atoms with Crippen molar-refractivity contribution in [2.75, 3.05) is 14.2 Å². The zero-order valence-electron chi connectivity index (χ0n) is 20.1. The number of ether oxygens (including phenoxy) is 3. The number of hydrazone groups is 1. The van der Waals surface area contributed by atoms with Gasteiger partial charge in [0, 0.05) is 6.04 Å². The second kappa shape index (κ2) is 12.0. The van der Waals surface area contributed by atoms with E-state index in [2.05, 4.69) is 26.1 Å². The average Bonchev–Trinajstić information content (AvgIpc) is 3.43. The molecule has 0 aliphatic carbocycles. The molecular weight excluding hydrogens is 460 g/mol. The highest BCUT2D eigenvalue weighted by molar-refractivity contribution is 5.91. The van der Waals surface area contributed by atoms with Crippen molar-refractivity contribution in [2.24, 2.45) is 5.10 Å². The van der Waals surface area contributed by atoms with Crippen LogP contribution in [-0.4, -0.2) is 38.4 Å². The first-order valence-corrected chi connectivity index (χ1v) is 11.4. The van der Waals surface area contributed by atoms with E-state index in [0.29, 0.717) is 30.1 Å². The largest absolute Gasteiger partial charge is 0.493 e. The van der Waals surface area contributed by atoms with Crippen molar-refractivity contribution in [1.29, 1.82) is 0 Å². The molecule has 4 rings (SSSR count). The minimum atomic E-state index is -0.464. The molecule has 9 heteroatoms. The number of nitrogens with zero attached hydrogens (tertiary/aromatic N) is 1. The molecule has 0 bridgehead atoms. The first-order valence-electron chi connectivity index (χ1n) is 11.4. The van der Waals surface area contributed by atoms with Gasteiger partial charge in [0.25, 0.3) is 5.91 Å². The van der Waals surface area contributed by atoms with Gasteiger partial charge < -0.3 is 14.2 Å². The predicted octanol–water partition coefficient (Wildman–Crippen LogP) is 3.12. The van der Waals surface area contributed by atoms with Crippen molar-refractivity contribution >= 4 is 18.1 Å². The quantitative estimate of drug-likeness (QED) is 0.241. The lowest BCUT2D eigenvalue weighted by atomic mass is 10.0. The molecular formula is C27H28N4O5. The highest BCUT2D eigenvalue weighted by Gasteiger charge is 2.30. The summed E-state index contributed by atoms with van der Waals surface area (Å²) in [5, 5.41) is 4.02. The van der Waals surface area contributed by atoms with Crippen LogP contribution >= 0.6 is 0 Å². The number of hydrogen-bond donors (Lipinski definition) is 3. The molecule has 0 aromatic heterocycles. The van der Waals surface area contributed by atoms with Crippen LogP contribution in [0.15, 0.2) is 77.9 Å². The Morgan fingerprint density at radius 2 is 1.78 bits per heavy atom. The maximum absolute atomic E-state index is 12.6. The maximum atomic E-state index is 12.6. The van der Waals surface area contributed by atoms with Gasteiger partial charge in [-0.3, -0.25) is 4.79 Å². The molecule has 1 heterocycles. The Morgan fingerprint density at radius 1 is 1.00 bits per heavy atom. The van der Waals surface area contributed by atoms with E-state index in [1.54, 1.807) is 31.4 Å². The molecule has 0 saturated carbocycles. The van der Waals surface area contributed by atoms with Crippen LogP contribution < -0.4 is 25.8 Å². The lowest BCUT2D eigenvalue weighted by molar-refractivity contribution is -0.122. The fourth-order valence-corrected chi connectivity index (χ4v) is 3.77. The van der Waals surface area contributed by atoms with Crippen LogP contribution in [-0.2, 0) is 16.1 Å². The number of rotatable bonds is 9. The minimum Gasteiger partial charge on any atom is -0.493 e.